The van der Waals surface area contributed by atoms with Gasteiger partial charge in [-0.2, -0.15) is 0 Å². The Labute approximate surface area is 79.2 Å². The monoisotopic (exact) mass is 170 g/mol. The SMILES string of the molecule is C#CCN[C]1CCc2ccccc21. The molecule has 65 valence electrons. The van der Waals surface area contributed by atoms with Crippen molar-refractivity contribution >= 4 is 0 Å². The van der Waals surface area contributed by atoms with Crippen LogP contribution in [0.3, 0.4) is 0 Å². The molecule has 1 aromatic carbocycles. The number of rotatable bonds is 2. The molecule has 0 unspecified atom stereocenters. The summed E-state index contributed by atoms with van der Waals surface area (Å²) in [6.07, 6.45) is 7.44. The van der Waals surface area contributed by atoms with E-state index in [1.807, 2.05) is 0 Å². The van der Waals surface area contributed by atoms with Crippen LogP contribution in [-0.4, -0.2) is 6.54 Å². The predicted octanol–water partition coefficient (Wildman–Crippen LogP) is 1.74. The summed E-state index contributed by atoms with van der Waals surface area (Å²) in [6.45, 7) is 0.629. The normalized spacial score (nSPS) is 15.3. The first-order chi connectivity index (χ1) is 6.42. The average Bonchev–Trinajstić information content (AvgIpc) is 2.58. The molecule has 0 atom stereocenters. The van der Waals surface area contributed by atoms with Crippen LogP contribution >= 0.6 is 0 Å². The second kappa shape index (κ2) is 3.64. The molecule has 13 heavy (non-hydrogen) atoms. The quantitative estimate of drug-likeness (QED) is 0.667. The zero-order chi connectivity index (χ0) is 9.10. The Morgan fingerprint density at radius 1 is 1.31 bits per heavy atom. The van der Waals surface area contributed by atoms with E-state index in [2.05, 4.69) is 35.5 Å². The Hall–Kier alpha value is -1.26. The van der Waals surface area contributed by atoms with Crippen LogP contribution in [0.2, 0.25) is 0 Å². The number of hydrogen-bond acceptors (Lipinski definition) is 1. The molecule has 0 spiro atoms. The molecular formula is C12H12N. The van der Waals surface area contributed by atoms with Gasteiger partial charge < -0.3 is 0 Å². The third kappa shape index (κ3) is 1.59. The second-order valence-corrected chi connectivity index (χ2v) is 3.19. The van der Waals surface area contributed by atoms with E-state index in [0.717, 1.165) is 12.8 Å². The molecule has 0 fully saturated rings. The minimum absolute atomic E-state index is 0.629. The molecule has 0 aliphatic heterocycles. The zero-order valence-corrected chi connectivity index (χ0v) is 7.51. The van der Waals surface area contributed by atoms with E-state index in [4.69, 9.17) is 6.42 Å². The maximum absolute atomic E-state index is 5.20. The van der Waals surface area contributed by atoms with Crippen LogP contribution in [0.25, 0.3) is 0 Å². The fraction of sp³-hybridized carbons (Fsp3) is 0.250. The Kier molecular flexibility index (Phi) is 2.33. The minimum atomic E-state index is 0.629. The van der Waals surface area contributed by atoms with Gasteiger partial charge in [0.2, 0.25) is 0 Å². The summed E-state index contributed by atoms with van der Waals surface area (Å²) < 4.78 is 0. The lowest BCUT2D eigenvalue weighted by atomic mass is 10.1. The summed E-state index contributed by atoms with van der Waals surface area (Å²) in [5.41, 5.74) is 2.78. The highest BCUT2D eigenvalue weighted by molar-refractivity contribution is 5.42. The van der Waals surface area contributed by atoms with Gasteiger partial charge in [-0.15, -0.1) is 6.42 Å². The van der Waals surface area contributed by atoms with Gasteiger partial charge >= 0.3 is 0 Å². The Balaban J connectivity index is 2.15. The molecule has 1 aliphatic carbocycles. The standard InChI is InChI=1S/C12H12N/c1-2-9-13-12-8-7-10-5-3-4-6-11(10)12/h1,3-6,13H,7-9H2. The Morgan fingerprint density at radius 3 is 3.00 bits per heavy atom. The lowest BCUT2D eigenvalue weighted by Gasteiger charge is -2.09. The van der Waals surface area contributed by atoms with Gasteiger partial charge in [-0.25, -0.2) is 0 Å². The molecule has 2 rings (SSSR count). The molecule has 0 aromatic heterocycles. The molecule has 0 saturated heterocycles. The number of aryl methyl sites for hydroxylation is 1. The molecule has 0 bridgehead atoms. The molecule has 1 aliphatic rings. The summed E-state index contributed by atoms with van der Waals surface area (Å²) in [4.78, 5) is 0. The molecule has 1 heteroatoms. The predicted molar refractivity (Wildman–Crippen MR) is 53.9 cm³/mol. The number of terminal acetylenes is 1. The van der Waals surface area contributed by atoms with Gasteiger partial charge in [0.05, 0.1) is 12.6 Å². The topological polar surface area (TPSA) is 12.0 Å². The molecule has 1 N–H and O–H groups in total. The molecule has 1 nitrogen and oxygen atoms in total. The van der Waals surface area contributed by atoms with Crippen LogP contribution in [-0.2, 0) is 6.42 Å². The Morgan fingerprint density at radius 2 is 2.15 bits per heavy atom. The third-order valence-corrected chi connectivity index (χ3v) is 2.39. The van der Waals surface area contributed by atoms with Crippen molar-refractivity contribution < 1.29 is 0 Å². The van der Waals surface area contributed by atoms with Crippen LogP contribution in [0.15, 0.2) is 24.3 Å². The van der Waals surface area contributed by atoms with E-state index < -0.39 is 0 Å². The van der Waals surface area contributed by atoms with Gasteiger partial charge in [0.25, 0.3) is 0 Å². The van der Waals surface area contributed by atoms with E-state index in [1.54, 1.807) is 0 Å². The molecule has 0 saturated carbocycles. The zero-order valence-electron chi connectivity index (χ0n) is 7.51. The first-order valence-electron chi connectivity index (χ1n) is 4.53. The average molecular weight is 170 g/mol. The highest BCUT2D eigenvalue weighted by atomic mass is 14.9. The van der Waals surface area contributed by atoms with Gasteiger partial charge in [0, 0.05) is 0 Å². The number of nitrogens with one attached hydrogen (secondary N) is 1. The second-order valence-electron chi connectivity index (χ2n) is 3.19. The van der Waals surface area contributed by atoms with Crippen molar-refractivity contribution in [2.24, 2.45) is 0 Å². The van der Waals surface area contributed by atoms with Crippen molar-refractivity contribution in [2.45, 2.75) is 12.8 Å². The number of hydrogen-bond donors (Lipinski definition) is 1. The van der Waals surface area contributed by atoms with Crippen molar-refractivity contribution in [3.05, 3.63) is 41.4 Å². The summed E-state index contributed by atoms with van der Waals surface area (Å²) in [7, 11) is 0. The van der Waals surface area contributed by atoms with E-state index in [-0.39, 0.29) is 0 Å². The molecule has 0 amide bonds. The largest absolute Gasteiger partial charge is 0.295 e. The van der Waals surface area contributed by atoms with Crippen molar-refractivity contribution in [1.29, 1.82) is 0 Å². The highest BCUT2D eigenvalue weighted by Crippen LogP contribution is 2.29. The van der Waals surface area contributed by atoms with E-state index in [9.17, 15) is 0 Å². The maximum Gasteiger partial charge on any atom is 0.0675 e. The number of benzene rings is 1. The van der Waals surface area contributed by atoms with Crippen molar-refractivity contribution in [2.75, 3.05) is 6.54 Å². The van der Waals surface area contributed by atoms with Gasteiger partial charge in [-0.05, 0) is 24.0 Å². The first-order valence-corrected chi connectivity index (χ1v) is 4.53. The summed E-state index contributed by atoms with van der Waals surface area (Å²) >= 11 is 0. The van der Waals surface area contributed by atoms with Crippen LogP contribution in [0.5, 0.6) is 0 Å². The van der Waals surface area contributed by atoms with Crippen LogP contribution in [0, 0.1) is 18.4 Å². The van der Waals surface area contributed by atoms with Crippen LogP contribution in [0.1, 0.15) is 17.5 Å². The summed E-state index contributed by atoms with van der Waals surface area (Å²) in [5, 5.41) is 3.27. The van der Waals surface area contributed by atoms with Crippen LogP contribution in [0.4, 0.5) is 0 Å². The van der Waals surface area contributed by atoms with Gasteiger partial charge in [0.1, 0.15) is 0 Å². The molecule has 0 heterocycles. The third-order valence-electron chi connectivity index (χ3n) is 2.39. The van der Waals surface area contributed by atoms with Crippen molar-refractivity contribution in [1.82, 2.24) is 5.32 Å². The first kappa shape index (κ1) is 8.34. The summed E-state index contributed by atoms with van der Waals surface area (Å²) in [5.74, 6) is 2.59. The maximum atomic E-state index is 5.20. The van der Waals surface area contributed by atoms with Gasteiger partial charge in [-0.1, -0.05) is 30.2 Å². The summed E-state index contributed by atoms with van der Waals surface area (Å²) in [6, 6.07) is 9.79. The smallest absolute Gasteiger partial charge is 0.0675 e. The van der Waals surface area contributed by atoms with Crippen molar-refractivity contribution in [3.8, 4) is 12.3 Å². The lowest BCUT2D eigenvalue weighted by molar-refractivity contribution is 0.753. The molecular weight excluding hydrogens is 158 g/mol. The molecule has 1 aromatic rings. The lowest BCUT2D eigenvalue weighted by Crippen LogP contribution is -2.19. The van der Waals surface area contributed by atoms with E-state index >= 15 is 0 Å². The fourth-order valence-corrected chi connectivity index (χ4v) is 1.77. The fourth-order valence-electron chi connectivity index (χ4n) is 1.77. The Bertz CT molecular complexity index is 335. The van der Waals surface area contributed by atoms with E-state index in [1.165, 1.54) is 17.2 Å². The minimum Gasteiger partial charge on any atom is -0.295 e. The van der Waals surface area contributed by atoms with Gasteiger partial charge in [-0.3, -0.25) is 5.32 Å². The highest BCUT2D eigenvalue weighted by Gasteiger charge is 2.21. The van der Waals surface area contributed by atoms with Crippen LogP contribution < -0.4 is 5.32 Å². The van der Waals surface area contributed by atoms with E-state index in [0.29, 0.717) is 6.54 Å². The molecule has 1 radical (unpaired) electrons. The van der Waals surface area contributed by atoms with Gasteiger partial charge in [0.15, 0.2) is 0 Å². The number of fused-ring (bicyclic) bond motifs is 1. The van der Waals surface area contributed by atoms with Crippen molar-refractivity contribution in [3.63, 3.8) is 0 Å².